The largest absolute Gasteiger partial charge is 0.396 e. The lowest BCUT2D eigenvalue weighted by Crippen LogP contribution is -2.09. The fraction of sp³-hybridized carbons (Fsp3) is 0.750. The van der Waals surface area contributed by atoms with E-state index in [1.807, 2.05) is 0 Å². The first-order valence-electron chi connectivity index (χ1n) is 2.29. The van der Waals surface area contributed by atoms with Crippen LogP contribution in [0, 0.1) is 11.3 Å². The van der Waals surface area contributed by atoms with Gasteiger partial charge in [-0.25, -0.2) is 0 Å². The van der Waals surface area contributed by atoms with Gasteiger partial charge in [0.2, 0.25) is 5.90 Å². The van der Waals surface area contributed by atoms with Gasteiger partial charge in [-0.2, -0.15) is 5.90 Å². The molecule has 0 unspecified atom stereocenters. The van der Waals surface area contributed by atoms with Gasteiger partial charge in [0.1, 0.15) is 0 Å². The summed E-state index contributed by atoms with van der Waals surface area (Å²) in [5, 5.41) is 6.91. The van der Waals surface area contributed by atoms with E-state index in [0.717, 1.165) is 12.8 Å². The van der Waals surface area contributed by atoms with Crippen LogP contribution in [-0.2, 0) is 4.84 Å². The van der Waals surface area contributed by atoms with Crippen molar-refractivity contribution in [2.45, 2.75) is 12.8 Å². The normalized spacial score (nSPS) is 19.0. The van der Waals surface area contributed by atoms with E-state index in [1.165, 1.54) is 0 Å². The summed E-state index contributed by atoms with van der Waals surface area (Å²) in [5.41, 5.74) is 0. The van der Waals surface area contributed by atoms with Gasteiger partial charge in [-0.3, -0.25) is 5.41 Å². The van der Waals surface area contributed by atoms with Gasteiger partial charge in [0.15, 0.2) is 0 Å². The van der Waals surface area contributed by atoms with Gasteiger partial charge in [0.05, 0.1) is 0 Å². The van der Waals surface area contributed by atoms with Crippen LogP contribution in [0.5, 0.6) is 0 Å². The second-order valence-corrected chi connectivity index (χ2v) is 1.76. The van der Waals surface area contributed by atoms with E-state index in [0.29, 0.717) is 5.92 Å². The first-order chi connectivity index (χ1) is 3.34. The molecule has 1 fully saturated rings. The standard InChI is InChI=1S/C4H8N2O/c5-4(7-6)3-1-2-3/h3,5H,1-2,6H2. The molecule has 0 saturated heterocycles. The molecule has 1 aliphatic carbocycles. The van der Waals surface area contributed by atoms with Crippen LogP contribution in [-0.4, -0.2) is 5.90 Å². The van der Waals surface area contributed by atoms with E-state index in [1.54, 1.807) is 0 Å². The van der Waals surface area contributed by atoms with Crippen LogP contribution in [0.25, 0.3) is 0 Å². The molecule has 0 aromatic carbocycles. The van der Waals surface area contributed by atoms with Crippen LogP contribution in [0.2, 0.25) is 0 Å². The maximum Gasteiger partial charge on any atom is 0.209 e. The molecular formula is C4H8N2O. The molecule has 0 heterocycles. The van der Waals surface area contributed by atoms with Crippen LogP contribution >= 0.6 is 0 Å². The average Bonchev–Trinajstić information content (AvgIpc) is 2.44. The summed E-state index contributed by atoms with van der Waals surface area (Å²) in [6.07, 6.45) is 2.16. The maximum absolute atomic E-state index is 6.91. The Labute approximate surface area is 41.9 Å². The highest BCUT2D eigenvalue weighted by molar-refractivity contribution is 5.77. The van der Waals surface area contributed by atoms with E-state index in [9.17, 15) is 0 Å². The van der Waals surface area contributed by atoms with E-state index in [-0.39, 0.29) is 5.90 Å². The van der Waals surface area contributed by atoms with E-state index in [4.69, 9.17) is 5.41 Å². The Kier molecular flexibility index (Phi) is 0.982. The van der Waals surface area contributed by atoms with Crippen LogP contribution in [0.4, 0.5) is 0 Å². The lowest BCUT2D eigenvalue weighted by atomic mass is 10.4. The summed E-state index contributed by atoms with van der Waals surface area (Å²) in [7, 11) is 0. The van der Waals surface area contributed by atoms with E-state index < -0.39 is 0 Å². The van der Waals surface area contributed by atoms with Gasteiger partial charge in [0, 0.05) is 5.92 Å². The maximum atomic E-state index is 6.91. The summed E-state index contributed by atoms with van der Waals surface area (Å²) in [6.45, 7) is 0. The van der Waals surface area contributed by atoms with Gasteiger partial charge < -0.3 is 4.84 Å². The zero-order valence-electron chi connectivity index (χ0n) is 3.98. The third-order valence-electron chi connectivity index (χ3n) is 1.08. The Bertz CT molecular complexity index is 87.7. The van der Waals surface area contributed by atoms with Gasteiger partial charge in [0.25, 0.3) is 0 Å². The zero-order valence-corrected chi connectivity index (χ0v) is 3.98. The number of hydrogen-bond donors (Lipinski definition) is 2. The molecule has 0 aliphatic heterocycles. The Balaban J connectivity index is 2.24. The van der Waals surface area contributed by atoms with Crippen molar-refractivity contribution in [3.63, 3.8) is 0 Å². The van der Waals surface area contributed by atoms with Gasteiger partial charge in [-0.05, 0) is 12.8 Å². The van der Waals surface area contributed by atoms with Crippen molar-refractivity contribution < 1.29 is 4.84 Å². The highest BCUT2D eigenvalue weighted by atomic mass is 16.6. The van der Waals surface area contributed by atoms with Gasteiger partial charge >= 0.3 is 0 Å². The molecule has 1 saturated carbocycles. The lowest BCUT2D eigenvalue weighted by Gasteiger charge is -1.92. The molecule has 0 atom stereocenters. The minimum Gasteiger partial charge on any atom is -0.396 e. The molecule has 7 heavy (non-hydrogen) atoms. The monoisotopic (exact) mass is 100 g/mol. The third-order valence-corrected chi connectivity index (χ3v) is 1.08. The third kappa shape index (κ3) is 0.899. The molecule has 0 radical (unpaired) electrons. The Hall–Kier alpha value is -0.570. The molecule has 0 aromatic heterocycles. The van der Waals surface area contributed by atoms with Crippen LogP contribution < -0.4 is 5.90 Å². The number of hydrogen-bond acceptors (Lipinski definition) is 3. The molecule has 0 aromatic rings. The highest BCUT2D eigenvalue weighted by Crippen LogP contribution is 2.29. The van der Waals surface area contributed by atoms with Crippen molar-refractivity contribution >= 4 is 5.90 Å². The molecule has 40 valence electrons. The minimum absolute atomic E-state index is 0.236. The minimum atomic E-state index is 0.236. The molecule has 1 aliphatic rings. The molecule has 0 bridgehead atoms. The summed E-state index contributed by atoms with van der Waals surface area (Å²) in [4.78, 5) is 4.16. The first kappa shape index (κ1) is 4.59. The van der Waals surface area contributed by atoms with Gasteiger partial charge in [-0.15, -0.1) is 0 Å². The Morgan fingerprint density at radius 2 is 2.29 bits per heavy atom. The lowest BCUT2D eigenvalue weighted by molar-refractivity contribution is 0.304. The van der Waals surface area contributed by atoms with Crippen LogP contribution in [0.15, 0.2) is 0 Å². The fourth-order valence-corrected chi connectivity index (χ4v) is 0.442. The van der Waals surface area contributed by atoms with Crippen molar-refractivity contribution in [1.29, 1.82) is 5.41 Å². The van der Waals surface area contributed by atoms with E-state index >= 15 is 0 Å². The van der Waals surface area contributed by atoms with Crippen molar-refractivity contribution in [2.75, 3.05) is 0 Å². The van der Waals surface area contributed by atoms with Gasteiger partial charge in [-0.1, -0.05) is 0 Å². The summed E-state index contributed by atoms with van der Waals surface area (Å²) in [5.74, 6) is 5.28. The predicted octanol–water partition coefficient (Wildman–Crippen LogP) is 0.264. The Morgan fingerprint density at radius 1 is 1.71 bits per heavy atom. The zero-order chi connectivity index (χ0) is 5.28. The molecule has 3 nitrogen and oxygen atoms in total. The topological polar surface area (TPSA) is 59.1 Å². The summed E-state index contributed by atoms with van der Waals surface area (Å²) in [6, 6.07) is 0. The number of nitrogens with two attached hydrogens (primary N) is 1. The molecule has 0 spiro atoms. The number of nitrogens with one attached hydrogen (secondary N) is 1. The molecule has 0 amide bonds. The Morgan fingerprint density at radius 3 is 2.43 bits per heavy atom. The van der Waals surface area contributed by atoms with Crippen molar-refractivity contribution in [3.8, 4) is 0 Å². The van der Waals surface area contributed by atoms with Crippen molar-refractivity contribution in [2.24, 2.45) is 11.8 Å². The number of rotatable bonds is 1. The van der Waals surface area contributed by atoms with Crippen molar-refractivity contribution in [3.05, 3.63) is 0 Å². The van der Waals surface area contributed by atoms with Crippen LogP contribution in [0.1, 0.15) is 12.8 Å². The quantitative estimate of drug-likeness (QED) is 0.282. The molecule has 1 rings (SSSR count). The summed E-state index contributed by atoms with van der Waals surface area (Å²) >= 11 is 0. The molecular weight excluding hydrogens is 92.1 g/mol. The molecule has 3 heteroatoms. The second-order valence-electron chi connectivity index (χ2n) is 1.76. The average molecular weight is 100 g/mol. The molecule has 3 N–H and O–H groups in total. The predicted molar refractivity (Wildman–Crippen MR) is 25.7 cm³/mol. The van der Waals surface area contributed by atoms with Crippen LogP contribution in [0.3, 0.4) is 0 Å². The smallest absolute Gasteiger partial charge is 0.209 e. The summed E-state index contributed by atoms with van der Waals surface area (Å²) < 4.78 is 0. The van der Waals surface area contributed by atoms with E-state index in [2.05, 4.69) is 10.7 Å². The second kappa shape index (κ2) is 1.50. The SMILES string of the molecule is N=C(ON)C1CC1. The highest BCUT2D eigenvalue weighted by Gasteiger charge is 2.27. The van der Waals surface area contributed by atoms with Crippen molar-refractivity contribution in [1.82, 2.24) is 0 Å². The fourth-order valence-electron chi connectivity index (χ4n) is 0.442. The first-order valence-corrected chi connectivity index (χ1v) is 2.29.